The van der Waals surface area contributed by atoms with Crippen LogP contribution in [0.1, 0.15) is 68.7 Å². The molecule has 9 heteroatoms. The Morgan fingerprint density at radius 3 is 1.88 bits per heavy atom. The normalized spacial score (nSPS) is 17.1. The van der Waals surface area contributed by atoms with Gasteiger partial charge in [0.2, 0.25) is 0 Å². The number of hydrogen-bond acceptors (Lipinski definition) is 6. The molecular weight excluding hydrogens is 524 g/mol. The van der Waals surface area contributed by atoms with Gasteiger partial charge in [-0.1, -0.05) is 41.5 Å². The van der Waals surface area contributed by atoms with E-state index in [4.69, 9.17) is 17.8 Å². The van der Waals surface area contributed by atoms with E-state index in [1.807, 2.05) is 13.0 Å². The van der Waals surface area contributed by atoms with Crippen molar-refractivity contribution in [3.05, 3.63) is 11.6 Å². The Kier molecular flexibility index (Phi) is 13.0. The van der Waals surface area contributed by atoms with Crippen molar-refractivity contribution in [3.63, 3.8) is 0 Å². The molecule has 0 aromatic heterocycles. The second-order valence-corrected chi connectivity index (χ2v) is 22.2. The van der Waals surface area contributed by atoms with Crippen LogP contribution in [0.4, 0.5) is 0 Å². The summed E-state index contributed by atoms with van der Waals surface area (Å²) in [7, 11) is -2.93. The Balaban J connectivity index is 5.98. The highest BCUT2D eigenvalue weighted by Crippen LogP contribution is 2.40. The highest BCUT2D eigenvalue weighted by Gasteiger charge is 2.42. The van der Waals surface area contributed by atoms with Gasteiger partial charge in [-0.15, -0.1) is 0 Å². The summed E-state index contributed by atoms with van der Waals surface area (Å²) in [5.41, 5.74) is 0.529. The number of carbonyl (C=O) groups excluding carboxylic acids is 1. The number of carbonyl (C=O) groups is 1. The molecule has 0 aliphatic heterocycles. The van der Waals surface area contributed by atoms with Crippen LogP contribution in [0.2, 0.25) is 36.3 Å². The standard InChI is InChI=1S/C23H47BrO5SSi2/c1-14-26-21(25)17(2)15-20(29-32(12,13)23(7,8)9)19(27-30-24)16-18(3)28-31(10,11)22(4,5)6/h15,18-20H,14,16H2,1-13H3/b17-15+/t18-,19+,20+/m1/s1. The minimum absolute atomic E-state index is 0.0117. The van der Waals surface area contributed by atoms with Crippen LogP contribution in [0.15, 0.2) is 11.6 Å². The summed E-state index contributed by atoms with van der Waals surface area (Å²) in [6.07, 6.45) is 1.82. The fourth-order valence-electron chi connectivity index (χ4n) is 2.62. The molecule has 5 nitrogen and oxygen atoms in total. The van der Waals surface area contributed by atoms with Gasteiger partial charge in [-0.25, -0.2) is 4.79 Å². The van der Waals surface area contributed by atoms with E-state index in [1.54, 1.807) is 6.92 Å². The van der Waals surface area contributed by atoms with Crippen LogP contribution in [0.5, 0.6) is 0 Å². The molecule has 0 fully saturated rings. The third-order valence-electron chi connectivity index (χ3n) is 6.64. The van der Waals surface area contributed by atoms with Crippen LogP contribution in [-0.4, -0.2) is 47.5 Å². The molecule has 0 unspecified atom stereocenters. The Bertz CT molecular complexity index is 627. The smallest absolute Gasteiger partial charge is 0.333 e. The van der Waals surface area contributed by atoms with Crippen molar-refractivity contribution in [1.82, 2.24) is 0 Å². The maximum Gasteiger partial charge on any atom is 0.333 e. The van der Waals surface area contributed by atoms with Crippen LogP contribution in [0.25, 0.3) is 0 Å². The van der Waals surface area contributed by atoms with Gasteiger partial charge in [0.15, 0.2) is 16.6 Å². The minimum atomic E-state index is -2.14. The first-order valence-electron chi connectivity index (χ1n) is 11.4. The third-order valence-corrected chi connectivity index (χ3v) is 16.5. The molecule has 3 atom stereocenters. The topological polar surface area (TPSA) is 54.0 Å². The zero-order valence-electron chi connectivity index (χ0n) is 22.6. The molecular formula is C23H47BrO5SSi2. The summed E-state index contributed by atoms with van der Waals surface area (Å²) in [5, 5.41) is 0.144. The fraction of sp³-hybridized carbons (Fsp3) is 0.870. The molecule has 0 aliphatic carbocycles. The number of ether oxygens (including phenoxy) is 1. The van der Waals surface area contributed by atoms with E-state index in [1.165, 1.54) is 0 Å². The quantitative estimate of drug-likeness (QED) is 0.102. The predicted molar refractivity (Wildman–Crippen MR) is 146 cm³/mol. The minimum Gasteiger partial charge on any atom is -0.463 e. The van der Waals surface area contributed by atoms with Crippen molar-refractivity contribution in [2.45, 2.75) is 123 Å². The molecule has 0 spiro atoms. The van der Waals surface area contributed by atoms with E-state index >= 15 is 0 Å². The maximum absolute atomic E-state index is 12.3. The van der Waals surface area contributed by atoms with Gasteiger partial charge in [-0.05, 0) is 63.1 Å². The van der Waals surface area contributed by atoms with Crippen LogP contribution in [0, 0.1) is 0 Å². The van der Waals surface area contributed by atoms with Gasteiger partial charge >= 0.3 is 5.97 Å². The first kappa shape index (κ1) is 32.4. The van der Waals surface area contributed by atoms with Crippen molar-refractivity contribution < 1.29 is 22.6 Å². The van der Waals surface area contributed by atoms with E-state index in [0.717, 1.165) is 10.5 Å². The van der Waals surface area contributed by atoms with E-state index in [0.29, 0.717) is 18.6 Å². The van der Waals surface area contributed by atoms with E-state index in [2.05, 4.69) is 89.5 Å². The van der Waals surface area contributed by atoms with E-state index in [9.17, 15) is 4.79 Å². The van der Waals surface area contributed by atoms with Gasteiger partial charge in [0.1, 0.15) is 6.10 Å². The van der Waals surface area contributed by atoms with Crippen LogP contribution in [0.3, 0.4) is 0 Å². The Morgan fingerprint density at radius 1 is 1.00 bits per heavy atom. The van der Waals surface area contributed by atoms with Crippen molar-refractivity contribution in [2.24, 2.45) is 0 Å². The van der Waals surface area contributed by atoms with Crippen molar-refractivity contribution in [3.8, 4) is 0 Å². The molecule has 0 bridgehead atoms. The van der Waals surface area contributed by atoms with Gasteiger partial charge in [0.05, 0.1) is 23.2 Å². The van der Waals surface area contributed by atoms with Crippen molar-refractivity contribution >= 4 is 47.9 Å². The summed E-state index contributed by atoms with van der Waals surface area (Å²) in [6.45, 7) is 28.3. The van der Waals surface area contributed by atoms with E-state index in [-0.39, 0.29) is 28.3 Å². The lowest BCUT2D eigenvalue weighted by molar-refractivity contribution is -0.138. The SMILES string of the molecule is CCOC(=O)/C(C)=C/[C@H](O[Si](C)(C)C(C)(C)C)[C@H](C[C@@H](C)O[Si](C)(C)C(C)(C)C)OSBr. The average molecular weight is 572 g/mol. The van der Waals surface area contributed by atoms with Crippen LogP contribution < -0.4 is 0 Å². The largest absolute Gasteiger partial charge is 0.463 e. The molecule has 0 aromatic rings. The summed E-state index contributed by atoms with van der Waals surface area (Å²) in [5.74, 6) is -0.327. The number of esters is 1. The monoisotopic (exact) mass is 570 g/mol. The molecule has 32 heavy (non-hydrogen) atoms. The van der Waals surface area contributed by atoms with Gasteiger partial charge in [-0.3, -0.25) is 4.18 Å². The Morgan fingerprint density at radius 2 is 1.47 bits per heavy atom. The molecule has 0 radical (unpaired) electrons. The lowest BCUT2D eigenvalue weighted by Gasteiger charge is -2.42. The van der Waals surface area contributed by atoms with Crippen molar-refractivity contribution in [1.29, 1.82) is 0 Å². The maximum atomic E-state index is 12.3. The van der Waals surface area contributed by atoms with Gasteiger partial charge in [0.25, 0.3) is 0 Å². The highest BCUT2D eigenvalue weighted by molar-refractivity contribution is 9.49. The summed E-state index contributed by atoms with van der Waals surface area (Å²) < 4.78 is 24.6. The first-order chi connectivity index (χ1) is 14.3. The predicted octanol–water partition coefficient (Wildman–Crippen LogP) is 8.03. The summed E-state index contributed by atoms with van der Waals surface area (Å²) in [4.78, 5) is 12.3. The molecule has 0 aliphatic rings. The lowest BCUT2D eigenvalue weighted by Crippen LogP contribution is -2.48. The van der Waals surface area contributed by atoms with Gasteiger partial charge in [0, 0.05) is 32.9 Å². The lowest BCUT2D eigenvalue weighted by atomic mass is 10.1. The third kappa shape index (κ3) is 10.3. The molecule has 0 heterocycles. The van der Waals surface area contributed by atoms with Crippen LogP contribution >= 0.6 is 25.3 Å². The van der Waals surface area contributed by atoms with Crippen molar-refractivity contribution in [2.75, 3.05) is 6.61 Å². The average Bonchev–Trinajstić information content (AvgIpc) is 2.58. The Labute approximate surface area is 211 Å². The fourth-order valence-corrected chi connectivity index (χ4v) is 6.20. The first-order valence-corrected chi connectivity index (χ1v) is 19.8. The van der Waals surface area contributed by atoms with Gasteiger partial charge < -0.3 is 13.6 Å². The number of hydrogen-bond donors (Lipinski definition) is 0. The highest BCUT2D eigenvalue weighted by atomic mass is 79.9. The molecule has 0 rings (SSSR count). The van der Waals surface area contributed by atoms with E-state index < -0.39 is 22.7 Å². The number of halogens is 1. The zero-order valence-corrected chi connectivity index (χ0v) is 27.0. The molecule has 0 aromatic carbocycles. The molecule has 0 N–H and O–H groups in total. The Hall–Kier alpha value is 0.354. The van der Waals surface area contributed by atoms with Crippen LogP contribution in [-0.2, 0) is 22.6 Å². The second-order valence-electron chi connectivity index (χ2n) is 11.5. The molecule has 0 saturated heterocycles. The molecule has 190 valence electrons. The molecule has 0 saturated carbocycles. The number of rotatable bonds is 12. The summed E-state index contributed by atoms with van der Waals surface area (Å²) >= 11 is 3.35. The summed E-state index contributed by atoms with van der Waals surface area (Å²) in [6, 6.07) is 0. The van der Waals surface area contributed by atoms with Gasteiger partial charge in [-0.2, -0.15) is 0 Å². The second kappa shape index (κ2) is 12.9. The molecule has 0 amide bonds. The zero-order chi connectivity index (χ0) is 25.5.